The molecule has 1 saturated carbocycles. The zero-order valence-electron chi connectivity index (χ0n) is 20.0. The Kier molecular flexibility index (Phi) is 10.1. The van der Waals surface area contributed by atoms with Gasteiger partial charge in [0.25, 0.3) is 0 Å². The topological polar surface area (TPSA) is 25.8 Å². The summed E-state index contributed by atoms with van der Waals surface area (Å²) in [5.74, 6) is 0.142. The molecule has 1 aliphatic carbocycles. The van der Waals surface area contributed by atoms with E-state index in [1.807, 2.05) is 13.0 Å². The number of aryl methyl sites for hydroxylation is 2. The maximum absolute atomic E-state index is 14.5. The Morgan fingerprint density at radius 2 is 1.44 bits per heavy atom. The van der Waals surface area contributed by atoms with Gasteiger partial charge in [0.2, 0.25) is 0 Å². The Labute approximate surface area is 193 Å². The minimum atomic E-state index is -0.819. The molecular formula is C28H40F2N2. The van der Waals surface area contributed by atoms with Crippen LogP contribution in [0.15, 0.2) is 24.3 Å². The van der Waals surface area contributed by atoms with E-state index in [1.165, 1.54) is 64.2 Å². The van der Waals surface area contributed by atoms with Crippen LogP contribution in [-0.2, 0) is 12.8 Å². The number of hydrogen-bond acceptors (Lipinski definition) is 2. The van der Waals surface area contributed by atoms with Gasteiger partial charge in [-0.15, -0.1) is 0 Å². The smallest absolute Gasteiger partial charge is 0.168 e. The van der Waals surface area contributed by atoms with Crippen molar-refractivity contribution in [3.63, 3.8) is 0 Å². The van der Waals surface area contributed by atoms with Crippen LogP contribution in [0.25, 0.3) is 11.3 Å². The first-order valence-electron chi connectivity index (χ1n) is 12.9. The molecule has 0 spiro atoms. The van der Waals surface area contributed by atoms with Crippen molar-refractivity contribution in [3.8, 4) is 11.3 Å². The van der Waals surface area contributed by atoms with Crippen molar-refractivity contribution >= 4 is 0 Å². The normalized spacial score (nSPS) is 18.8. The molecule has 0 bridgehead atoms. The maximum atomic E-state index is 14.5. The number of nitrogens with zero attached hydrogens (tertiary/aromatic N) is 2. The van der Waals surface area contributed by atoms with E-state index in [9.17, 15) is 8.78 Å². The van der Waals surface area contributed by atoms with Crippen LogP contribution in [0.5, 0.6) is 0 Å². The molecule has 0 amide bonds. The molecule has 2 nitrogen and oxygen atoms in total. The van der Waals surface area contributed by atoms with E-state index in [2.05, 4.69) is 17.1 Å². The Morgan fingerprint density at radius 1 is 0.719 bits per heavy atom. The Hall–Kier alpha value is -1.84. The molecule has 176 valence electrons. The van der Waals surface area contributed by atoms with Gasteiger partial charge in [-0.1, -0.05) is 90.5 Å². The Bertz CT molecular complexity index is 811. The van der Waals surface area contributed by atoms with E-state index in [-0.39, 0.29) is 5.56 Å². The van der Waals surface area contributed by atoms with Crippen molar-refractivity contribution in [2.24, 2.45) is 11.8 Å². The third-order valence-electron chi connectivity index (χ3n) is 7.17. The second kappa shape index (κ2) is 13.0. The van der Waals surface area contributed by atoms with Gasteiger partial charge in [-0.05, 0) is 54.9 Å². The van der Waals surface area contributed by atoms with Gasteiger partial charge in [0, 0.05) is 5.56 Å². The lowest BCUT2D eigenvalue weighted by Gasteiger charge is -2.28. The van der Waals surface area contributed by atoms with Crippen LogP contribution < -0.4 is 0 Å². The third kappa shape index (κ3) is 7.08. The minimum Gasteiger partial charge on any atom is -0.203 e. The van der Waals surface area contributed by atoms with Crippen LogP contribution in [0.3, 0.4) is 0 Å². The highest BCUT2D eigenvalue weighted by atomic mass is 19.2. The highest BCUT2D eigenvalue weighted by Gasteiger charge is 2.21. The molecule has 0 saturated heterocycles. The minimum absolute atomic E-state index is 0.189. The fraction of sp³-hybridized carbons (Fsp3) is 0.643. The molecule has 1 fully saturated rings. The van der Waals surface area contributed by atoms with Gasteiger partial charge in [-0.2, -0.15) is 10.2 Å². The van der Waals surface area contributed by atoms with Crippen LogP contribution in [0, 0.1) is 23.5 Å². The van der Waals surface area contributed by atoms with Crippen LogP contribution in [-0.4, -0.2) is 10.2 Å². The summed E-state index contributed by atoms with van der Waals surface area (Å²) in [7, 11) is 0. The lowest BCUT2D eigenvalue weighted by molar-refractivity contribution is 0.248. The van der Waals surface area contributed by atoms with Crippen LogP contribution in [0.4, 0.5) is 8.78 Å². The number of unbranched alkanes of at least 4 members (excludes halogenated alkanes) is 4. The number of benzene rings is 1. The highest BCUT2D eigenvalue weighted by Crippen LogP contribution is 2.34. The summed E-state index contributed by atoms with van der Waals surface area (Å²) in [5.41, 5.74) is 1.95. The van der Waals surface area contributed by atoms with E-state index in [4.69, 9.17) is 0 Å². The molecule has 4 heteroatoms. The van der Waals surface area contributed by atoms with Crippen molar-refractivity contribution in [3.05, 3.63) is 47.2 Å². The van der Waals surface area contributed by atoms with Gasteiger partial charge >= 0.3 is 0 Å². The fourth-order valence-corrected chi connectivity index (χ4v) is 5.08. The van der Waals surface area contributed by atoms with Gasteiger partial charge < -0.3 is 0 Å². The average molecular weight is 443 g/mol. The van der Waals surface area contributed by atoms with Crippen molar-refractivity contribution < 1.29 is 8.78 Å². The molecule has 32 heavy (non-hydrogen) atoms. The average Bonchev–Trinajstić information content (AvgIpc) is 2.82. The largest absolute Gasteiger partial charge is 0.203 e. The Morgan fingerprint density at radius 3 is 2.09 bits per heavy atom. The molecule has 0 atom stereocenters. The number of aromatic nitrogens is 2. The van der Waals surface area contributed by atoms with Gasteiger partial charge in [-0.3, -0.25) is 0 Å². The quantitative estimate of drug-likeness (QED) is 0.308. The predicted octanol–water partition coefficient (Wildman–Crippen LogP) is 8.47. The molecule has 0 unspecified atom stereocenters. The lowest BCUT2D eigenvalue weighted by Crippen LogP contribution is -2.15. The van der Waals surface area contributed by atoms with Crippen molar-refractivity contribution in [1.82, 2.24) is 10.2 Å². The molecule has 3 rings (SSSR count). The van der Waals surface area contributed by atoms with Gasteiger partial charge in [0.05, 0.1) is 11.4 Å². The van der Waals surface area contributed by atoms with Crippen molar-refractivity contribution in [1.29, 1.82) is 0 Å². The second-order valence-corrected chi connectivity index (χ2v) is 9.69. The molecule has 1 aromatic heterocycles. The van der Waals surface area contributed by atoms with Crippen molar-refractivity contribution in [2.75, 3.05) is 0 Å². The van der Waals surface area contributed by atoms with E-state index in [0.29, 0.717) is 17.7 Å². The van der Waals surface area contributed by atoms with E-state index >= 15 is 0 Å². The van der Waals surface area contributed by atoms with Gasteiger partial charge in [0.1, 0.15) is 0 Å². The predicted molar refractivity (Wildman–Crippen MR) is 129 cm³/mol. The maximum Gasteiger partial charge on any atom is 0.168 e. The van der Waals surface area contributed by atoms with Crippen LogP contribution in [0.2, 0.25) is 0 Å². The zero-order valence-corrected chi connectivity index (χ0v) is 20.0. The first-order valence-corrected chi connectivity index (χ1v) is 12.9. The number of hydrogen-bond donors (Lipinski definition) is 0. The summed E-state index contributed by atoms with van der Waals surface area (Å²) in [6.07, 6.45) is 17.1. The van der Waals surface area contributed by atoms with Crippen LogP contribution >= 0.6 is 0 Å². The number of rotatable bonds is 12. The summed E-state index contributed by atoms with van der Waals surface area (Å²) in [6.45, 7) is 4.23. The molecular weight excluding hydrogens is 402 g/mol. The van der Waals surface area contributed by atoms with E-state index in [0.717, 1.165) is 36.8 Å². The summed E-state index contributed by atoms with van der Waals surface area (Å²) in [6, 6.07) is 6.97. The monoisotopic (exact) mass is 442 g/mol. The third-order valence-corrected chi connectivity index (χ3v) is 7.17. The molecule has 1 aliphatic rings. The fourth-order valence-electron chi connectivity index (χ4n) is 5.08. The van der Waals surface area contributed by atoms with E-state index in [1.54, 1.807) is 18.2 Å². The summed E-state index contributed by atoms with van der Waals surface area (Å²) in [5, 5.41) is 8.51. The SMILES string of the molecule is CCCCCCCC1CCC(CCc2ccc(-c3ccc(CCC)c(F)c3F)nn2)CC1. The molecule has 2 aromatic rings. The first kappa shape index (κ1) is 24.8. The molecule has 1 aromatic carbocycles. The summed E-state index contributed by atoms with van der Waals surface area (Å²) >= 11 is 0. The highest BCUT2D eigenvalue weighted by molar-refractivity contribution is 5.60. The molecule has 0 radical (unpaired) electrons. The van der Waals surface area contributed by atoms with Crippen molar-refractivity contribution in [2.45, 2.75) is 104 Å². The molecule has 1 heterocycles. The van der Waals surface area contributed by atoms with Gasteiger partial charge in [-0.25, -0.2) is 8.78 Å². The lowest BCUT2D eigenvalue weighted by atomic mass is 9.78. The number of halogens is 2. The summed E-state index contributed by atoms with van der Waals surface area (Å²) < 4.78 is 28.7. The Balaban J connectivity index is 1.44. The summed E-state index contributed by atoms with van der Waals surface area (Å²) in [4.78, 5) is 0. The van der Waals surface area contributed by atoms with Crippen LogP contribution in [0.1, 0.15) is 102 Å². The molecule has 0 N–H and O–H groups in total. The zero-order chi connectivity index (χ0) is 22.8. The second-order valence-electron chi connectivity index (χ2n) is 9.69. The van der Waals surface area contributed by atoms with Gasteiger partial charge in [0.15, 0.2) is 11.6 Å². The standard InChI is InChI=1S/C28H40F2N2/c1-3-5-6-7-8-10-21-11-13-22(14-12-21)15-17-24-18-20-26(32-31-24)25-19-16-23(9-4-2)27(29)28(25)30/h16,18-22H,3-15,17H2,1-2H3. The first-order chi connectivity index (χ1) is 15.6. The molecule has 0 aliphatic heterocycles. The van der Waals surface area contributed by atoms with E-state index < -0.39 is 11.6 Å².